The number of hydrogen-bond acceptors (Lipinski definition) is 9. The number of anilines is 4. The van der Waals surface area contributed by atoms with Crippen LogP contribution in [0.4, 0.5) is 36.2 Å². The van der Waals surface area contributed by atoms with Gasteiger partial charge in [0.05, 0.1) is 9.79 Å². The summed E-state index contributed by atoms with van der Waals surface area (Å²) in [6.07, 6.45) is -3.76. The lowest BCUT2D eigenvalue weighted by molar-refractivity contribution is -0.192. The van der Waals surface area contributed by atoms with Crippen molar-refractivity contribution in [1.29, 1.82) is 0 Å². The van der Waals surface area contributed by atoms with E-state index in [1.165, 1.54) is 44.7 Å². The van der Waals surface area contributed by atoms with Gasteiger partial charge in [-0.15, -0.1) is 0 Å². The molecule has 3 aromatic rings. The molecule has 0 unspecified atom stereocenters. The van der Waals surface area contributed by atoms with Crippen molar-refractivity contribution in [3.8, 4) is 0 Å². The quantitative estimate of drug-likeness (QED) is 0.274. The molecule has 0 atom stereocenters. The van der Waals surface area contributed by atoms with Crippen LogP contribution in [0.2, 0.25) is 0 Å². The molecule has 0 bridgehead atoms. The van der Waals surface area contributed by atoms with Gasteiger partial charge in [0.15, 0.2) is 0 Å². The monoisotopic (exact) mass is 562 g/mol. The second-order valence-electron chi connectivity index (χ2n) is 6.81. The highest BCUT2D eigenvalue weighted by Crippen LogP contribution is 2.22. The van der Waals surface area contributed by atoms with E-state index in [-0.39, 0.29) is 9.79 Å². The molecule has 37 heavy (non-hydrogen) atoms. The van der Waals surface area contributed by atoms with E-state index in [0.717, 1.165) is 0 Å². The van der Waals surface area contributed by atoms with Crippen molar-refractivity contribution in [2.45, 2.75) is 16.0 Å². The molecular formula is C20H21F3N6O6S2. The Bertz CT molecular complexity index is 1370. The molecule has 0 aliphatic rings. The maximum absolute atomic E-state index is 12.0. The number of aromatic nitrogens is 2. The number of nitrogens with zero attached hydrogens (tertiary/aromatic N) is 2. The molecule has 0 aliphatic carbocycles. The highest BCUT2D eigenvalue weighted by Gasteiger charge is 2.38. The summed E-state index contributed by atoms with van der Waals surface area (Å²) in [4.78, 5) is 17.4. The number of hydrogen-bond donors (Lipinski definition) is 5. The van der Waals surface area contributed by atoms with E-state index < -0.39 is 32.2 Å². The average molecular weight is 563 g/mol. The predicted molar refractivity (Wildman–Crippen MR) is 128 cm³/mol. The van der Waals surface area contributed by atoms with E-state index in [9.17, 15) is 30.0 Å². The van der Waals surface area contributed by atoms with E-state index >= 15 is 0 Å². The minimum atomic E-state index is -5.08. The molecule has 0 radical (unpaired) electrons. The summed E-state index contributed by atoms with van der Waals surface area (Å²) >= 11 is 0. The van der Waals surface area contributed by atoms with E-state index in [0.29, 0.717) is 23.0 Å². The predicted octanol–water partition coefficient (Wildman–Crippen LogP) is 2.41. The molecule has 0 spiro atoms. The van der Waals surface area contributed by atoms with Crippen LogP contribution in [0.5, 0.6) is 0 Å². The fourth-order valence-electron chi connectivity index (χ4n) is 2.51. The summed E-state index contributed by atoms with van der Waals surface area (Å²) in [5.74, 6) is -1.91. The molecule has 200 valence electrons. The molecule has 0 amide bonds. The van der Waals surface area contributed by atoms with E-state index in [4.69, 9.17) is 9.90 Å². The minimum absolute atomic E-state index is 0.116. The summed E-state index contributed by atoms with van der Waals surface area (Å²) in [6, 6.07) is 14.2. The second-order valence-corrected chi connectivity index (χ2v) is 10.6. The van der Waals surface area contributed by atoms with Crippen LogP contribution in [0.15, 0.2) is 70.7 Å². The van der Waals surface area contributed by atoms with Crippen molar-refractivity contribution in [1.82, 2.24) is 19.4 Å². The van der Waals surface area contributed by atoms with Crippen molar-refractivity contribution in [2.75, 3.05) is 24.7 Å². The molecule has 17 heteroatoms. The first-order valence-corrected chi connectivity index (χ1v) is 12.9. The minimum Gasteiger partial charge on any atom is -0.475 e. The number of alkyl halides is 3. The van der Waals surface area contributed by atoms with Gasteiger partial charge in [-0.05, 0) is 50.5 Å². The number of aliphatic carboxylic acids is 1. The van der Waals surface area contributed by atoms with E-state index in [1.807, 2.05) is 0 Å². The SMILES string of the molecule is CNS(=O)(=O)c1cccc(Nc2cc(Nc3cccc(S(=O)(=O)NC)c3)ncn2)c1.O=C(O)C(F)(F)F. The lowest BCUT2D eigenvalue weighted by atomic mass is 10.3. The van der Waals surface area contributed by atoms with Crippen LogP contribution in [0.3, 0.4) is 0 Å². The fourth-order valence-corrected chi connectivity index (χ4v) is 4.06. The molecule has 2 aromatic carbocycles. The summed E-state index contributed by atoms with van der Waals surface area (Å²) in [7, 11) is -4.46. The number of halogens is 3. The lowest BCUT2D eigenvalue weighted by Gasteiger charge is -2.11. The average Bonchev–Trinajstić information content (AvgIpc) is 2.84. The van der Waals surface area contributed by atoms with Crippen molar-refractivity contribution < 1.29 is 39.9 Å². The number of sulfonamides is 2. The molecule has 5 N–H and O–H groups in total. The molecule has 3 rings (SSSR count). The lowest BCUT2D eigenvalue weighted by Crippen LogP contribution is -2.21. The second kappa shape index (κ2) is 12.0. The fraction of sp³-hybridized carbons (Fsp3) is 0.150. The van der Waals surface area contributed by atoms with Crippen molar-refractivity contribution in [3.63, 3.8) is 0 Å². The number of rotatable bonds is 8. The van der Waals surface area contributed by atoms with Gasteiger partial charge in [-0.1, -0.05) is 12.1 Å². The summed E-state index contributed by atoms with van der Waals surface area (Å²) in [5, 5.41) is 13.2. The highest BCUT2D eigenvalue weighted by molar-refractivity contribution is 7.89. The Balaban J connectivity index is 0.000000604. The van der Waals surface area contributed by atoms with Crippen LogP contribution in [-0.4, -0.2) is 58.2 Å². The van der Waals surface area contributed by atoms with Gasteiger partial charge in [-0.3, -0.25) is 0 Å². The van der Waals surface area contributed by atoms with Crippen LogP contribution >= 0.6 is 0 Å². The first-order chi connectivity index (χ1) is 17.2. The molecule has 0 saturated carbocycles. The van der Waals surface area contributed by atoms with Gasteiger partial charge in [-0.2, -0.15) is 13.2 Å². The molecule has 12 nitrogen and oxygen atoms in total. The molecule has 0 fully saturated rings. The normalized spacial score (nSPS) is 11.7. The number of benzene rings is 2. The first kappa shape index (κ1) is 29.4. The third-order valence-electron chi connectivity index (χ3n) is 4.28. The molecular weight excluding hydrogens is 541 g/mol. The zero-order valence-electron chi connectivity index (χ0n) is 19.1. The molecule has 0 saturated heterocycles. The highest BCUT2D eigenvalue weighted by atomic mass is 32.2. The molecule has 1 heterocycles. The Kier molecular flexibility index (Phi) is 9.51. The van der Waals surface area contributed by atoms with Crippen LogP contribution in [-0.2, 0) is 24.8 Å². The number of carboxylic acid groups (broad SMARTS) is 1. The standard InChI is InChI=1S/C18H20N6O4S2.C2HF3O2/c1-19-29(25,26)15-7-3-5-13(9-15)23-17-11-18(22-12-21-17)24-14-6-4-8-16(10-14)30(27,28)20-2;3-2(4,5)1(6)7/h3-12,19-20H,1-2H3,(H2,21,22,23,24);(H,6,7). The van der Waals surface area contributed by atoms with Crippen LogP contribution in [0.25, 0.3) is 0 Å². The van der Waals surface area contributed by atoms with Gasteiger partial charge in [0.1, 0.15) is 18.0 Å². The maximum atomic E-state index is 12.0. The number of carbonyl (C=O) groups is 1. The summed E-state index contributed by atoms with van der Waals surface area (Å²) < 4.78 is 84.1. The third kappa shape index (κ3) is 8.67. The van der Waals surface area contributed by atoms with Gasteiger partial charge in [0, 0.05) is 17.4 Å². The summed E-state index contributed by atoms with van der Waals surface area (Å²) in [5.41, 5.74) is 1.05. The molecule has 1 aromatic heterocycles. The Hall–Kier alpha value is -3.80. The van der Waals surface area contributed by atoms with Crippen LogP contribution in [0.1, 0.15) is 0 Å². The van der Waals surface area contributed by atoms with Crippen molar-refractivity contribution in [3.05, 3.63) is 60.9 Å². The number of nitrogens with one attached hydrogen (secondary N) is 4. The largest absolute Gasteiger partial charge is 0.490 e. The Morgan fingerprint density at radius 1 is 0.784 bits per heavy atom. The summed E-state index contributed by atoms with van der Waals surface area (Å²) in [6.45, 7) is 0. The van der Waals surface area contributed by atoms with Crippen LogP contribution in [0, 0.1) is 0 Å². The Labute approximate surface area is 210 Å². The zero-order chi connectivity index (χ0) is 27.9. The smallest absolute Gasteiger partial charge is 0.475 e. The van der Waals surface area contributed by atoms with Gasteiger partial charge in [0.2, 0.25) is 20.0 Å². The number of carboxylic acids is 1. The van der Waals surface area contributed by atoms with Crippen LogP contribution < -0.4 is 20.1 Å². The first-order valence-electron chi connectivity index (χ1n) is 9.91. The van der Waals surface area contributed by atoms with E-state index in [2.05, 4.69) is 30.0 Å². The van der Waals surface area contributed by atoms with Crippen molar-refractivity contribution >= 4 is 49.0 Å². The maximum Gasteiger partial charge on any atom is 0.490 e. The van der Waals surface area contributed by atoms with Crippen molar-refractivity contribution in [2.24, 2.45) is 0 Å². The molecule has 0 aliphatic heterocycles. The topological polar surface area (TPSA) is 179 Å². The van der Waals surface area contributed by atoms with E-state index in [1.54, 1.807) is 30.3 Å². The third-order valence-corrected chi connectivity index (χ3v) is 7.10. The van der Waals surface area contributed by atoms with Gasteiger partial charge in [0.25, 0.3) is 0 Å². The Morgan fingerprint density at radius 3 is 1.49 bits per heavy atom. The Morgan fingerprint density at radius 2 is 1.16 bits per heavy atom. The zero-order valence-corrected chi connectivity index (χ0v) is 20.7. The van der Waals surface area contributed by atoms with Gasteiger partial charge >= 0.3 is 12.1 Å². The van der Waals surface area contributed by atoms with Gasteiger partial charge in [-0.25, -0.2) is 41.0 Å². The van der Waals surface area contributed by atoms with Gasteiger partial charge < -0.3 is 15.7 Å².